The van der Waals surface area contributed by atoms with Crippen molar-refractivity contribution in [2.24, 2.45) is 0 Å². The summed E-state index contributed by atoms with van der Waals surface area (Å²) in [5.41, 5.74) is 1.45. The molecule has 0 aliphatic heterocycles. The van der Waals surface area contributed by atoms with E-state index in [0.29, 0.717) is 22.6 Å². The molecule has 0 unspecified atom stereocenters. The molecule has 0 bridgehead atoms. The average Bonchev–Trinajstić information content (AvgIpc) is 2.86. The van der Waals surface area contributed by atoms with Gasteiger partial charge in [0.1, 0.15) is 5.82 Å². The Labute approximate surface area is 123 Å². The zero-order chi connectivity index (χ0) is 15.1. The maximum atomic E-state index is 13.3. The van der Waals surface area contributed by atoms with Gasteiger partial charge in [0.05, 0.1) is 10.6 Å². The molecule has 2 aromatic heterocycles. The molecule has 0 atom stereocenters. The number of carbonyl (C=O) groups is 1. The van der Waals surface area contributed by atoms with Crippen molar-refractivity contribution in [3.8, 4) is 11.4 Å². The Balaban J connectivity index is 2.27. The van der Waals surface area contributed by atoms with E-state index < -0.39 is 5.97 Å². The average molecular weight is 306 g/mol. The quantitative estimate of drug-likeness (QED) is 0.789. The third-order valence-corrected chi connectivity index (χ3v) is 3.40. The molecule has 0 saturated carbocycles. The summed E-state index contributed by atoms with van der Waals surface area (Å²) in [4.78, 5) is 11.1. The Hall–Kier alpha value is -2.47. The summed E-state index contributed by atoms with van der Waals surface area (Å²) in [5, 5.41) is 17.2. The first-order valence-corrected chi connectivity index (χ1v) is 6.39. The second-order valence-corrected chi connectivity index (χ2v) is 4.97. The van der Waals surface area contributed by atoms with E-state index in [1.165, 1.54) is 22.7 Å². The van der Waals surface area contributed by atoms with Crippen molar-refractivity contribution in [3.63, 3.8) is 0 Å². The number of hydrogen-bond donors (Lipinski definition) is 1. The summed E-state index contributed by atoms with van der Waals surface area (Å²) in [6, 6.07) is 5.81. The van der Waals surface area contributed by atoms with Crippen LogP contribution in [0.4, 0.5) is 4.39 Å². The lowest BCUT2D eigenvalue weighted by Gasteiger charge is -2.04. The number of carboxylic acid groups (broad SMARTS) is 1. The molecule has 5 nitrogen and oxygen atoms in total. The minimum Gasteiger partial charge on any atom is -0.478 e. The van der Waals surface area contributed by atoms with Crippen molar-refractivity contribution >= 4 is 23.2 Å². The fourth-order valence-electron chi connectivity index (χ4n) is 2.05. The number of halogens is 2. The second kappa shape index (κ2) is 4.82. The van der Waals surface area contributed by atoms with Gasteiger partial charge >= 0.3 is 5.97 Å². The highest BCUT2D eigenvalue weighted by atomic mass is 35.5. The molecule has 3 rings (SSSR count). The number of fused-ring (bicyclic) bond motifs is 1. The van der Waals surface area contributed by atoms with Crippen molar-refractivity contribution in [3.05, 3.63) is 52.4 Å². The van der Waals surface area contributed by atoms with Gasteiger partial charge in [-0.05, 0) is 36.8 Å². The summed E-state index contributed by atoms with van der Waals surface area (Å²) in [6.07, 6.45) is 1.39. The van der Waals surface area contributed by atoms with Gasteiger partial charge in [0.25, 0.3) is 0 Å². The van der Waals surface area contributed by atoms with E-state index in [0.717, 1.165) is 0 Å². The number of carboxylic acids is 1. The number of aromatic carboxylic acids is 1. The van der Waals surface area contributed by atoms with E-state index in [1.54, 1.807) is 19.1 Å². The molecule has 2 heterocycles. The van der Waals surface area contributed by atoms with Crippen molar-refractivity contribution < 1.29 is 14.3 Å². The van der Waals surface area contributed by atoms with Gasteiger partial charge in [0.15, 0.2) is 11.5 Å². The number of aryl methyl sites for hydroxylation is 1. The standard InChI is InChI=1S/C14H9ClFN3O2/c1-7-4-8(2-3-11(7)16)12-17-18-13-10(15)5-9(14(20)21)6-19(12)13/h2-6H,1H3,(H,20,21). The highest BCUT2D eigenvalue weighted by molar-refractivity contribution is 6.33. The Bertz CT molecular complexity index is 876. The summed E-state index contributed by atoms with van der Waals surface area (Å²) in [5.74, 6) is -1.02. The van der Waals surface area contributed by atoms with Crippen molar-refractivity contribution in [2.75, 3.05) is 0 Å². The highest BCUT2D eigenvalue weighted by Crippen LogP contribution is 2.25. The molecule has 0 amide bonds. The van der Waals surface area contributed by atoms with Crippen LogP contribution in [0.15, 0.2) is 30.5 Å². The Morgan fingerprint density at radius 3 is 2.76 bits per heavy atom. The molecule has 0 aliphatic rings. The SMILES string of the molecule is Cc1cc(-c2nnc3c(Cl)cc(C(=O)O)cn23)ccc1F. The van der Waals surface area contributed by atoms with Crippen molar-refractivity contribution in [1.82, 2.24) is 14.6 Å². The monoisotopic (exact) mass is 305 g/mol. The molecule has 1 aromatic carbocycles. The molecular formula is C14H9ClFN3O2. The van der Waals surface area contributed by atoms with Gasteiger partial charge in [-0.3, -0.25) is 4.40 Å². The van der Waals surface area contributed by atoms with Gasteiger partial charge in [0, 0.05) is 11.8 Å². The fourth-order valence-corrected chi connectivity index (χ4v) is 2.30. The molecule has 0 radical (unpaired) electrons. The van der Waals surface area contributed by atoms with Crippen LogP contribution in [0.3, 0.4) is 0 Å². The van der Waals surface area contributed by atoms with Crippen LogP contribution in [0.5, 0.6) is 0 Å². The maximum absolute atomic E-state index is 13.3. The molecule has 3 aromatic rings. The first-order valence-electron chi connectivity index (χ1n) is 6.01. The number of rotatable bonds is 2. The first-order chi connectivity index (χ1) is 9.97. The second-order valence-electron chi connectivity index (χ2n) is 4.56. The number of benzene rings is 1. The molecule has 0 aliphatic carbocycles. The summed E-state index contributed by atoms with van der Waals surface area (Å²) in [6.45, 7) is 1.64. The summed E-state index contributed by atoms with van der Waals surface area (Å²) >= 11 is 6.02. The molecule has 7 heteroatoms. The van der Waals surface area contributed by atoms with E-state index in [4.69, 9.17) is 16.7 Å². The molecular weight excluding hydrogens is 297 g/mol. The lowest BCUT2D eigenvalue weighted by atomic mass is 10.1. The van der Waals surface area contributed by atoms with Crippen LogP contribution in [0.25, 0.3) is 17.0 Å². The van der Waals surface area contributed by atoms with Crippen LogP contribution in [-0.2, 0) is 0 Å². The van der Waals surface area contributed by atoms with Crippen molar-refractivity contribution in [1.29, 1.82) is 0 Å². The Morgan fingerprint density at radius 2 is 2.10 bits per heavy atom. The summed E-state index contributed by atoms with van der Waals surface area (Å²) in [7, 11) is 0. The lowest BCUT2D eigenvalue weighted by molar-refractivity contribution is 0.0696. The Kier molecular flexibility index (Phi) is 3.10. The number of nitrogens with zero attached hydrogens (tertiary/aromatic N) is 3. The van der Waals surface area contributed by atoms with Crippen molar-refractivity contribution in [2.45, 2.75) is 6.92 Å². The van der Waals surface area contributed by atoms with Gasteiger partial charge in [0.2, 0.25) is 0 Å². The van der Waals surface area contributed by atoms with E-state index >= 15 is 0 Å². The predicted molar refractivity (Wildman–Crippen MR) is 75.1 cm³/mol. The van der Waals surface area contributed by atoms with Gasteiger partial charge in [-0.1, -0.05) is 11.6 Å². The smallest absolute Gasteiger partial charge is 0.337 e. The normalized spacial score (nSPS) is 11.0. The van der Waals surface area contributed by atoms with E-state index in [9.17, 15) is 9.18 Å². The van der Waals surface area contributed by atoms with Crippen LogP contribution in [-0.4, -0.2) is 25.7 Å². The molecule has 1 N–H and O–H groups in total. The lowest BCUT2D eigenvalue weighted by Crippen LogP contribution is -2.00. The van der Waals surface area contributed by atoms with Gasteiger partial charge in [-0.2, -0.15) is 0 Å². The molecule has 0 spiro atoms. The molecule has 0 saturated heterocycles. The van der Waals surface area contributed by atoms with Crippen LogP contribution in [0, 0.1) is 12.7 Å². The molecule has 106 valence electrons. The highest BCUT2D eigenvalue weighted by Gasteiger charge is 2.15. The number of aromatic nitrogens is 3. The largest absolute Gasteiger partial charge is 0.478 e. The molecule has 0 fully saturated rings. The minimum absolute atomic E-state index is 0.0207. The third-order valence-electron chi connectivity index (χ3n) is 3.12. The zero-order valence-corrected chi connectivity index (χ0v) is 11.6. The summed E-state index contributed by atoms with van der Waals surface area (Å²) < 4.78 is 14.8. The van der Waals surface area contributed by atoms with E-state index in [-0.39, 0.29) is 16.4 Å². The molecule has 21 heavy (non-hydrogen) atoms. The van der Waals surface area contributed by atoms with E-state index in [2.05, 4.69) is 10.2 Å². The zero-order valence-electron chi connectivity index (χ0n) is 10.8. The minimum atomic E-state index is -1.10. The van der Waals surface area contributed by atoms with Gasteiger partial charge in [-0.25, -0.2) is 9.18 Å². The fraction of sp³-hybridized carbons (Fsp3) is 0.0714. The van der Waals surface area contributed by atoms with Crippen LogP contribution in [0.2, 0.25) is 5.02 Å². The first kappa shape index (κ1) is 13.5. The van der Waals surface area contributed by atoms with Crippen LogP contribution < -0.4 is 0 Å². The number of pyridine rings is 1. The van der Waals surface area contributed by atoms with Gasteiger partial charge < -0.3 is 5.11 Å². The van der Waals surface area contributed by atoms with Crippen LogP contribution in [0.1, 0.15) is 15.9 Å². The topological polar surface area (TPSA) is 67.5 Å². The third kappa shape index (κ3) is 2.23. The van der Waals surface area contributed by atoms with Crippen LogP contribution >= 0.6 is 11.6 Å². The number of hydrogen-bond acceptors (Lipinski definition) is 3. The van der Waals surface area contributed by atoms with E-state index in [1.807, 2.05) is 0 Å². The Morgan fingerprint density at radius 1 is 1.33 bits per heavy atom. The maximum Gasteiger partial charge on any atom is 0.337 e. The van der Waals surface area contributed by atoms with Gasteiger partial charge in [-0.15, -0.1) is 10.2 Å². The predicted octanol–water partition coefficient (Wildman–Crippen LogP) is 3.20.